The zero-order chi connectivity index (χ0) is 16.2. The molecule has 0 spiro atoms. The van der Waals surface area contributed by atoms with Crippen molar-refractivity contribution in [1.29, 1.82) is 0 Å². The molecule has 0 amide bonds. The molecule has 0 atom stereocenters. The average Bonchev–Trinajstić information content (AvgIpc) is 2.59. The van der Waals surface area contributed by atoms with Crippen molar-refractivity contribution in [2.24, 2.45) is 4.99 Å². The number of hydrogen-bond acceptors (Lipinski definition) is 4. The van der Waals surface area contributed by atoms with Crippen LogP contribution in [0.1, 0.15) is 15.9 Å². The summed E-state index contributed by atoms with van der Waals surface area (Å²) in [4.78, 5) is 30.5. The number of aromatic amines is 1. The van der Waals surface area contributed by atoms with Crippen molar-refractivity contribution in [1.82, 2.24) is 4.98 Å². The first kappa shape index (κ1) is 14.7. The number of hydrogen-bond donors (Lipinski definition) is 1. The molecule has 0 saturated heterocycles. The molecular weight excluding hydrogens is 292 g/mol. The van der Waals surface area contributed by atoms with Crippen LogP contribution in [-0.4, -0.2) is 24.3 Å². The normalized spacial score (nSPS) is 11.0. The van der Waals surface area contributed by atoms with Crippen molar-refractivity contribution in [3.63, 3.8) is 0 Å². The first-order valence-electron chi connectivity index (χ1n) is 7.02. The van der Waals surface area contributed by atoms with Crippen LogP contribution in [0.25, 0.3) is 10.9 Å². The predicted molar refractivity (Wildman–Crippen MR) is 89.6 cm³/mol. The summed E-state index contributed by atoms with van der Waals surface area (Å²) < 4.78 is 4.64. The molecule has 1 aromatic heterocycles. The predicted octanol–water partition coefficient (Wildman–Crippen LogP) is 3.07. The number of carbonyl (C=O) groups excluding carboxylic acids is 1. The highest BCUT2D eigenvalue weighted by atomic mass is 16.5. The topological polar surface area (TPSA) is 71.5 Å². The number of nitrogens with one attached hydrogen (secondary N) is 1. The van der Waals surface area contributed by atoms with Crippen LogP contribution in [0.4, 0.5) is 5.69 Å². The summed E-state index contributed by atoms with van der Waals surface area (Å²) in [6.07, 6.45) is 1.51. The summed E-state index contributed by atoms with van der Waals surface area (Å²) in [6, 6.07) is 16.0. The summed E-state index contributed by atoms with van der Waals surface area (Å²) in [7, 11) is 1.33. The molecule has 0 aliphatic carbocycles. The van der Waals surface area contributed by atoms with E-state index in [4.69, 9.17) is 0 Å². The number of rotatable bonds is 3. The molecule has 5 nitrogen and oxygen atoms in total. The number of nitrogens with zero attached hydrogens (tertiary/aromatic N) is 1. The third-order valence-electron chi connectivity index (χ3n) is 3.42. The number of carbonyl (C=O) groups is 1. The summed E-state index contributed by atoms with van der Waals surface area (Å²) in [5.74, 6) is -0.397. The monoisotopic (exact) mass is 306 g/mol. The Labute approximate surface area is 132 Å². The van der Waals surface area contributed by atoms with Gasteiger partial charge in [-0.25, -0.2) is 4.79 Å². The smallest absolute Gasteiger partial charge is 0.337 e. The number of para-hydroxylation sites is 1. The van der Waals surface area contributed by atoms with E-state index in [1.54, 1.807) is 30.3 Å². The Balaban J connectivity index is 1.89. The Morgan fingerprint density at radius 2 is 1.87 bits per heavy atom. The van der Waals surface area contributed by atoms with E-state index < -0.39 is 5.97 Å². The molecule has 0 radical (unpaired) electrons. The summed E-state index contributed by atoms with van der Waals surface area (Å²) in [5, 5.41) is 0.939. The van der Waals surface area contributed by atoms with Crippen LogP contribution in [0.5, 0.6) is 0 Å². The molecule has 0 bridgehead atoms. The molecule has 114 valence electrons. The van der Waals surface area contributed by atoms with E-state index in [-0.39, 0.29) is 5.56 Å². The Morgan fingerprint density at radius 1 is 1.13 bits per heavy atom. The fraction of sp³-hybridized carbons (Fsp3) is 0.0556. The van der Waals surface area contributed by atoms with E-state index in [0.29, 0.717) is 16.8 Å². The first-order valence-corrected chi connectivity index (χ1v) is 7.02. The molecular formula is C18H14N2O3. The lowest BCUT2D eigenvalue weighted by molar-refractivity contribution is 0.0601. The minimum Gasteiger partial charge on any atom is -0.465 e. The van der Waals surface area contributed by atoms with Gasteiger partial charge in [-0.2, -0.15) is 0 Å². The Kier molecular flexibility index (Phi) is 4.01. The molecule has 2 aromatic carbocycles. The summed E-state index contributed by atoms with van der Waals surface area (Å²) in [6.45, 7) is 0. The van der Waals surface area contributed by atoms with Gasteiger partial charge in [-0.1, -0.05) is 18.2 Å². The van der Waals surface area contributed by atoms with Crippen molar-refractivity contribution < 1.29 is 9.53 Å². The molecule has 3 rings (SSSR count). The van der Waals surface area contributed by atoms with Gasteiger partial charge in [-0.05, 0) is 41.8 Å². The van der Waals surface area contributed by atoms with E-state index in [1.807, 2.05) is 24.3 Å². The minimum atomic E-state index is -0.397. The maximum absolute atomic E-state index is 12.0. The number of esters is 1. The Hall–Kier alpha value is -3.21. The molecule has 0 saturated carbocycles. The number of ether oxygens (including phenoxy) is 1. The fourth-order valence-electron chi connectivity index (χ4n) is 2.21. The first-order chi connectivity index (χ1) is 11.2. The van der Waals surface area contributed by atoms with Crippen LogP contribution >= 0.6 is 0 Å². The van der Waals surface area contributed by atoms with Crippen molar-refractivity contribution in [3.8, 4) is 0 Å². The van der Waals surface area contributed by atoms with E-state index in [2.05, 4.69) is 14.7 Å². The minimum absolute atomic E-state index is 0.196. The molecule has 1 N–H and O–H groups in total. The number of benzene rings is 2. The molecule has 5 heteroatoms. The average molecular weight is 306 g/mol. The maximum atomic E-state index is 12.0. The van der Waals surface area contributed by atoms with E-state index >= 15 is 0 Å². The van der Waals surface area contributed by atoms with Crippen LogP contribution in [0.2, 0.25) is 0 Å². The van der Waals surface area contributed by atoms with Gasteiger partial charge < -0.3 is 9.72 Å². The third kappa shape index (κ3) is 3.18. The largest absolute Gasteiger partial charge is 0.465 e. The highest BCUT2D eigenvalue weighted by Crippen LogP contribution is 2.14. The number of fused-ring (bicyclic) bond motifs is 1. The summed E-state index contributed by atoms with van der Waals surface area (Å²) >= 11 is 0. The van der Waals surface area contributed by atoms with Gasteiger partial charge in [0.2, 0.25) is 0 Å². The zero-order valence-electron chi connectivity index (χ0n) is 12.4. The number of aromatic nitrogens is 1. The van der Waals surface area contributed by atoms with Crippen LogP contribution in [0.15, 0.2) is 64.4 Å². The van der Waals surface area contributed by atoms with Crippen molar-refractivity contribution in [2.45, 2.75) is 0 Å². The van der Waals surface area contributed by atoms with Gasteiger partial charge >= 0.3 is 5.97 Å². The third-order valence-corrected chi connectivity index (χ3v) is 3.42. The standard InChI is InChI=1S/C18H14N2O3/c1-23-18(22)12-6-8-15(9-7-12)19-11-14-10-13-4-2-3-5-16(13)20-17(14)21/h2-11H,1H3,(H,20,21). The van der Waals surface area contributed by atoms with Crippen molar-refractivity contribution in [2.75, 3.05) is 7.11 Å². The number of pyridine rings is 1. The van der Waals surface area contributed by atoms with E-state index in [0.717, 1.165) is 10.9 Å². The van der Waals surface area contributed by atoms with E-state index in [9.17, 15) is 9.59 Å². The van der Waals surface area contributed by atoms with Crippen LogP contribution in [-0.2, 0) is 4.74 Å². The van der Waals surface area contributed by atoms with Gasteiger partial charge in [0.15, 0.2) is 0 Å². The van der Waals surface area contributed by atoms with Gasteiger partial charge in [0.25, 0.3) is 5.56 Å². The molecule has 3 aromatic rings. The quantitative estimate of drug-likeness (QED) is 0.597. The lowest BCUT2D eigenvalue weighted by atomic mass is 10.1. The van der Waals surface area contributed by atoms with Crippen LogP contribution in [0, 0.1) is 0 Å². The summed E-state index contributed by atoms with van der Waals surface area (Å²) in [5.41, 5.74) is 2.16. The number of aliphatic imine (C=N–C) groups is 1. The molecule has 0 aliphatic heterocycles. The van der Waals surface area contributed by atoms with Crippen molar-refractivity contribution in [3.05, 3.63) is 76.1 Å². The maximum Gasteiger partial charge on any atom is 0.337 e. The molecule has 0 aliphatic rings. The highest BCUT2D eigenvalue weighted by Gasteiger charge is 2.04. The lowest BCUT2D eigenvalue weighted by Gasteiger charge is -2.00. The van der Waals surface area contributed by atoms with Crippen molar-refractivity contribution >= 4 is 28.8 Å². The zero-order valence-corrected chi connectivity index (χ0v) is 12.4. The van der Waals surface area contributed by atoms with Gasteiger partial charge in [-0.15, -0.1) is 0 Å². The molecule has 23 heavy (non-hydrogen) atoms. The van der Waals surface area contributed by atoms with Gasteiger partial charge in [0.1, 0.15) is 0 Å². The number of H-pyrrole nitrogens is 1. The molecule has 0 fully saturated rings. The Bertz CT molecular complexity index is 940. The molecule has 0 unspecified atom stereocenters. The second-order valence-electron chi connectivity index (χ2n) is 4.94. The van der Waals surface area contributed by atoms with Crippen LogP contribution in [0.3, 0.4) is 0 Å². The lowest BCUT2D eigenvalue weighted by Crippen LogP contribution is -2.11. The van der Waals surface area contributed by atoms with Crippen LogP contribution < -0.4 is 5.56 Å². The second kappa shape index (κ2) is 6.27. The van der Waals surface area contributed by atoms with Gasteiger partial charge in [0.05, 0.1) is 23.9 Å². The fourth-order valence-corrected chi connectivity index (χ4v) is 2.21. The highest BCUT2D eigenvalue weighted by molar-refractivity contribution is 5.90. The Morgan fingerprint density at radius 3 is 2.61 bits per heavy atom. The SMILES string of the molecule is COC(=O)c1ccc(N=Cc2cc3ccccc3[nH]c2=O)cc1. The number of methoxy groups -OCH3 is 1. The van der Waals surface area contributed by atoms with E-state index in [1.165, 1.54) is 13.3 Å². The second-order valence-corrected chi connectivity index (χ2v) is 4.94. The molecule has 1 heterocycles. The van der Waals surface area contributed by atoms with Gasteiger partial charge in [-0.3, -0.25) is 9.79 Å². The van der Waals surface area contributed by atoms with Gasteiger partial charge in [0, 0.05) is 11.7 Å².